The quantitative estimate of drug-likeness (QED) is 0.402. The van der Waals surface area contributed by atoms with Gasteiger partial charge in [-0.2, -0.15) is 5.10 Å². The molecule has 0 unspecified atom stereocenters. The van der Waals surface area contributed by atoms with Crippen LogP contribution in [-0.2, 0) is 24.9 Å². The summed E-state index contributed by atoms with van der Waals surface area (Å²) in [4.78, 5) is 37.2. The number of aromatic nitrogens is 5. The standard InChI is InChI=1S/C24H22N6O2S/c1-15-9-16(2)21-19(10-15)33-24(27-21)30(12-17-7-5-4-6-8-17)20(31)13-29-14-25-22-18(23(29)32)11-26-28(22)3/h4-11,14H,12-13H2,1-3H3. The van der Waals surface area contributed by atoms with Gasteiger partial charge in [0.2, 0.25) is 5.91 Å². The Morgan fingerprint density at radius 1 is 1.15 bits per heavy atom. The average Bonchev–Trinajstić information content (AvgIpc) is 3.39. The molecule has 0 saturated heterocycles. The average molecular weight is 459 g/mol. The Morgan fingerprint density at radius 3 is 2.73 bits per heavy atom. The van der Waals surface area contributed by atoms with Gasteiger partial charge in [0.25, 0.3) is 5.56 Å². The number of rotatable bonds is 5. The molecule has 33 heavy (non-hydrogen) atoms. The van der Waals surface area contributed by atoms with Crippen molar-refractivity contribution in [1.82, 2.24) is 24.3 Å². The largest absolute Gasteiger partial charge is 0.289 e. The number of amides is 1. The first-order chi connectivity index (χ1) is 15.9. The fourth-order valence-electron chi connectivity index (χ4n) is 3.91. The summed E-state index contributed by atoms with van der Waals surface area (Å²) in [7, 11) is 1.72. The molecule has 3 heterocycles. The van der Waals surface area contributed by atoms with E-state index < -0.39 is 0 Å². The van der Waals surface area contributed by atoms with Gasteiger partial charge in [-0.3, -0.25) is 23.7 Å². The zero-order chi connectivity index (χ0) is 23.1. The van der Waals surface area contributed by atoms with Crippen LogP contribution in [0.25, 0.3) is 21.3 Å². The van der Waals surface area contributed by atoms with Crippen molar-refractivity contribution in [1.29, 1.82) is 0 Å². The smallest absolute Gasteiger partial charge is 0.264 e. The SMILES string of the molecule is Cc1cc(C)c2nc(N(Cc3ccccc3)C(=O)Cn3cnc4c(cnn4C)c3=O)sc2c1. The fraction of sp³-hybridized carbons (Fsp3) is 0.208. The number of benzene rings is 2. The molecule has 5 aromatic rings. The monoisotopic (exact) mass is 458 g/mol. The second-order valence-electron chi connectivity index (χ2n) is 8.07. The topological polar surface area (TPSA) is 85.9 Å². The van der Waals surface area contributed by atoms with Crippen LogP contribution in [-0.4, -0.2) is 30.2 Å². The molecule has 0 radical (unpaired) electrons. The Kier molecular flexibility index (Phi) is 5.26. The third kappa shape index (κ3) is 3.91. The van der Waals surface area contributed by atoms with Gasteiger partial charge in [0.05, 0.1) is 23.0 Å². The molecule has 3 aromatic heterocycles. The van der Waals surface area contributed by atoms with Gasteiger partial charge in [-0.05, 0) is 36.6 Å². The van der Waals surface area contributed by atoms with Gasteiger partial charge in [-0.1, -0.05) is 47.7 Å². The second kappa shape index (κ2) is 8.25. The van der Waals surface area contributed by atoms with Crippen molar-refractivity contribution < 1.29 is 4.79 Å². The highest BCUT2D eigenvalue weighted by Gasteiger charge is 2.22. The van der Waals surface area contributed by atoms with E-state index in [2.05, 4.69) is 22.2 Å². The summed E-state index contributed by atoms with van der Waals surface area (Å²) in [5, 5.41) is 5.08. The van der Waals surface area contributed by atoms with E-state index in [0.717, 1.165) is 26.9 Å². The predicted octanol–water partition coefficient (Wildman–Crippen LogP) is 3.59. The maximum absolute atomic E-state index is 13.5. The Bertz CT molecular complexity index is 1550. The molecule has 2 aromatic carbocycles. The molecule has 1 amide bonds. The Morgan fingerprint density at radius 2 is 1.94 bits per heavy atom. The van der Waals surface area contributed by atoms with E-state index in [9.17, 15) is 9.59 Å². The normalized spacial score (nSPS) is 11.4. The highest BCUT2D eigenvalue weighted by molar-refractivity contribution is 7.22. The van der Waals surface area contributed by atoms with E-state index in [-0.39, 0.29) is 18.0 Å². The Labute approximate surface area is 193 Å². The van der Waals surface area contributed by atoms with Crippen molar-refractivity contribution in [2.45, 2.75) is 26.9 Å². The van der Waals surface area contributed by atoms with Crippen molar-refractivity contribution in [3.8, 4) is 0 Å². The van der Waals surface area contributed by atoms with Gasteiger partial charge in [0.15, 0.2) is 10.8 Å². The minimum absolute atomic E-state index is 0.141. The summed E-state index contributed by atoms with van der Waals surface area (Å²) < 4.78 is 3.90. The third-order valence-electron chi connectivity index (χ3n) is 5.56. The number of anilines is 1. The van der Waals surface area contributed by atoms with Crippen LogP contribution in [0.2, 0.25) is 0 Å². The minimum Gasteiger partial charge on any atom is -0.289 e. The first kappa shape index (κ1) is 21.0. The molecule has 0 fully saturated rings. The minimum atomic E-state index is -0.295. The highest BCUT2D eigenvalue weighted by Crippen LogP contribution is 2.32. The van der Waals surface area contributed by atoms with E-state index >= 15 is 0 Å². The van der Waals surface area contributed by atoms with Crippen LogP contribution < -0.4 is 10.5 Å². The van der Waals surface area contributed by atoms with Gasteiger partial charge in [-0.15, -0.1) is 0 Å². The molecule has 0 N–H and O–H groups in total. The molecule has 0 saturated carbocycles. The maximum atomic E-state index is 13.5. The zero-order valence-electron chi connectivity index (χ0n) is 18.5. The van der Waals surface area contributed by atoms with Crippen LogP contribution in [0.1, 0.15) is 16.7 Å². The van der Waals surface area contributed by atoms with Gasteiger partial charge in [-0.25, -0.2) is 9.97 Å². The van der Waals surface area contributed by atoms with Crippen LogP contribution in [0, 0.1) is 13.8 Å². The molecule has 5 rings (SSSR count). The number of nitrogens with zero attached hydrogens (tertiary/aromatic N) is 6. The van der Waals surface area contributed by atoms with Crippen LogP contribution in [0.3, 0.4) is 0 Å². The number of carbonyl (C=O) groups excluding carboxylic acids is 1. The number of fused-ring (bicyclic) bond motifs is 2. The Hall–Kier alpha value is -3.85. The molecule has 9 heteroatoms. The predicted molar refractivity (Wildman–Crippen MR) is 129 cm³/mol. The molecule has 0 bridgehead atoms. The summed E-state index contributed by atoms with van der Waals surface area (Å²) >= 11 is 1.48. The summed E-state index contributed by atoms with van der Waals surface area (Å²) in [6.07, 6.45) is 2.88. The second-order valence-corrected chi connectivity index (χ2v) is 9.08. The van der Waals surface area contributed by atoms with Crippen LogP contribution >= 0.6 is 11.3 Å². The van der Waals surface area contributed by atoms with Crippen molar-refractivity contribution in [3.05, 3.63) is 82.0 Å². The first-order valence-electron chi connectivity index (χ1n) is 10.5. The van der Waals surface area contributed by atoms with Crippen molar-refractivity contribution in [2.24, 2.45) is 7.05 Å². The van der Waals surface area contributed by atoms with Gasteiger partial charge in [0, 0.05) is 7.05 Å². The van der Waals surface area contributed by atoms with E-state index in [1.807, 2.05) is 44.2 Å². The molecule has 8 nitrogen and oxygen atoms in total. The number of carbonyl (C=O) groups is 1. The highest BCUT2D eigenvalue weighted by atomic mass is 32.1. The lowest BCUT2D eigenvalue weighted by molar-refractivity contribution is -0.119. The first-order valence-corrected chi connectivity index (χ1v) is 11.3. The van der Waals surface area contributed by atoms with Gasteiger partial charge >= 0.3 is 0 Å². The van der Waals surface area contributed by atoms with Crippen molar-refractivity contribution >= 4 is 43.6 Å². The van der Waals surface area contributed by atoms with Gasteiger partial charge < -0.3 is 0 Å². The molecule has 0 aliphatic rings. The van der Waals surface area contributed by atoms with E-state index in [4.69, 9.17) is 4.98 Å². The van der Waals surface area contributed by atoms with E-state index in [1.165, 1.54) is 33.1 Å². The third-order valence-corrected chi connectivity index (χ3v) is 6.58. The number of thiazole rings is 1. The van der Waals surface area contributed by atoms with Crippen molar-refractivity contribution in [2.75, 3.05) is 4.90 Å². The number of aryl methyl sites for hydroxylation is 3. The van der Waals surface area contributed by atoms with Crippen LogP contribution in [0.15, 0.2) is 59.8 Å². The molecule has 0 atom stereocenters. The van der Waals surface area contributed by atoms with E-state index in [0.29, 0.717) is 22.7 Å². The molecule has 0 aliphatic carbocycles. The maximum Gasteiger partial charge on any atom is 0.264 e. The number of hydrogen-bond acceptors (Lipinski definition) is 6. The number of hydrogen-bond donors (Lipinski definition) is 0. The summed E-state index contributed by atoms with van der Waals surface area (Å²) in [5.74, 6) is -0.237. The summed E-state index contributed by atoms with van der Waals surface area (Å²) in [5.41, 5.74) is 4.28. The molecular weight excluding hydrogens is 436 g/mol. The lowest BCUT2D eigenvalue weighted by Crippen LogP contribution is -2.36. The van der Waals surface area contributed by atoms with Crippen LogP contribution in [0.5, 0.6) is 0 Å². The fourth-order valence-corrected chi connectivity index (χ4v) is 5.07. The molecule has 166 valence electrons. The molecule has 0 spiro atoms. The van der Waals surface area contributed by atoms with Crippen molar-refractivity contribution in [3.63, 3.8) is 0 Å². The zero-order valence-corrected chi connectivity index (χ0v) is 19.3. The summed E-state index contributed by atoms with van der Waals surface area (Å²) in [6.45, 7) is 4.29. The lowest BCUT2D eigenvalue weighted by atomic mass is 10.1. The van der Waals surface area contributed by atoms with Crippen LogP contribution in [0.4, 0.5) is 5.13 Å². The van der Waals surface area contributed by atoms with E-state index in [1.54, 1.807) is 11.9 Å². The molecule has 0 aliphatic heterocycles. The van der Waals surface area contributed by atoms with Gasteiger partial charge in [0.1, 0.15) is 18.3 Å². The lowest BCUT2D eigenvalue weighted by Gasteiger charge is -2.20. The molecular formula is C24H22N6O2S. The Balaban J connectivity index is 1.54. The summed E-state index contributed by atoms with van der Waals surface area (Å²) in [6, 6.07) is 13.9.